The Balaban J connectivity index is 3.00. The van der Waals surface area contributed by atoms with Crippen molar-refractivity contribution in [2.75, 3.05) is 5.73 Å². The van der Waals surface area contributed by atoms with Crippen molar-refractivity contribution < 1.29 is 13.6 Å². The molecule has 0 aromatic heterocycles. The fourth-order valence-electron chi connectivity index (χ4n) is 0.887. The van der Waals surface area contributed by atoms with Crippen molar-refractivity contribution in [2.45, 2.75) is 6.42 Å². The molecule has 1 aromatic rings. The third-order valence-corrected chi connectivity index (χ3v) is 1.60. The molecule has 0 radical (unpaired) electrons. The zero-order valence-electron chi connectivity index (χ0n) is 7.68. The summed E-state index contributed by atoms with van der Waals surface area (Å²) in [5.41, 5.74) is 9.51. The van der Waals surface area contributed by atoms with Crippen molar-refractivity contribution in [1.29, 1.82) is 0 Å². The summed E-state index contributed by atoms with van der Waals surface area (Å²) >= 11 is 0. The quantitative estimate of drug-likeness (QED) is 0.531. The summed E-state index contributed by atoms with van der Waals surface area (Å²) < 4.78 is 26.0. The second-order valence-corrected chi connectivity index (χ2v) is 2.78. The molecule has 0 saturated carbocycles. The predicted molar refractivity (Wildman–Crippen MR) is 51.5 cm³/mol. The lowest BCUT2D eigenvalue weighted by Gasteiger charge is -1.99. The molecule has 1 rings (SSSR count). The van der Waals surface area contributed by atoms with Crippen molar-refractivity contribution in [3.63, 3.8) is 0 Å². The average Bonchev–Trinajstić information content (AvgIpc) is 2.18. The van der Waals surface area contributed by atoms with E-state index in [0.29, 0.717) is 0 Å². The highest BCUT2D eigenvalue weighted by Crippen LogP contribution is 2.16. The second kappa shape index (κ2) is 4.42. The first kappa shape index (κ1) is 11.0. The van der Waals surface area contributed by atoms with E-state index in [0.717, 1.165) is 0 Å². The van der Waals surface area contributed by atoms with Crippen molar-refractivity contribution in [2.24, 2.45) is 5.73 Å². The Labute approximate surface area is 85.1 Å². The Morgan fingerprint density at radius 2 is 2.00 bits per heavy atom. The maximum atomic E-state index is 13.1. The summed E-state index contributed by atoms with van der Waals surface area (Å²) in [6.45, 7) is 0. The van der Waals surface area contributed by atoms with Crippen LogP contribution in [0, 0.1) is 23.5 Å². The van der Waals surface area contributed by atoms with Crippen molar-refractivity contribution in [3.8, 4) is 11.8 Å². The molecule has 0 atom stereocenters. The first-order chi connectivity index (χ1) is 7.02. The molecule has 0 fully saturated rings. The number of nitrogen functional groups attached to an aromatic ring is 1. The molecule has 3 nitrogen and oxygen atoms in total. The smallest absolute Gasteiger partial charge is 0.229 e. The number of amides is 1. The number of nitrogens with two attached hydrogens (primary N) is 2. The maximum absolute atomic E-state index is 13.1. The number of carbonyl (C=O) groups excluding carboxylic acids is 1. The van der Waals surface area contributed by atoms with E-state index >= 15 is 0 Å². The Bertz CT molecular complexity index is 460. The number of hydrogen-bond acceptors (Lipinski definition) is 2. The summed E-state index contributed by atoms with van der Waals surface area (Å²) in [6.07, 6.45) is -0.203. The van der Waals surface area contributed by atoms with Gasteiger partial charge in [0, 0.05) is 0 Å². The monoisotopic (exact) mass is 210 g/mol. The van der Waals surface area contributed by atoms with Gasteiger partial charge in [0.2, 0.25) is 5.91 Å². The van der Waals surface area contributed by atoms with Gasteiger partial charge >= 0.3 is 0 Å². The topological polar surface area (TPSA) is 69.1 Å². The predicted octanol–water partition coefficient (Wildman–Crippen LogP) is 0.774. The average molecular weight is 210 g/mol. The van der Waals surface area contributed by atoms with Crippen LogP contribution >= 0.6 is 0 Å². The lowest BCUT2D eigenvalue weighted by atomic mass is 10.2. The van der Waals surface area contributed by atoms with Crippen LogP contribution in [0.1, 0.15) is 12.0 Å². The van der Waals surface area contributed by atoms with E-state index in [1.54, 1.807) is 0 Å². The summed E-state index contributed by atoms with van der Waals surface area (Å²) in [5, 5.41) is 0. The molecule has 15 heavy (non-hydrogen) atoms. The van der Waals surface area contributed by atoms with Crippen LogP contribution in [0.3, 0.4) is 0 Å². The van der Waals surface area contributed by atoms with E-state index in [1.165, 1.54) is 12.1 Å². The molecule has 0 bridgehead atoms. The van der Waals surface area contributed by atoms with E-state index in [1.807, 2.05) is 0 Å². The zero-order valence-corrected chi connectivity index (χ0v) is 7.68. The molecule has 0 aliphatic rings. The SMILES string of the molecule is NC(=O)CC#Cc1ccc(N)c(F)c1F. The van der Waals surface area contributed by atoms with Gasteiger partial charge in [0.15, 0.2) is 11.6 Å². The Hall–Kier alpha value is -2.09. The van der Waals surface area contributed by atoms with Crippen molar-refractivity contribution >= 4 is 11.6 Å². The van der Waals surface area contributed by atoms with E-state index in [2.05, 4.69) is 11.8 Å². The van der Waals surface area contributed by atoms with Gasteiger partial charge in [-0.25, -0.2) is 8.78 Å². The van der Waals surface area contributed by atoms with Crippen molar-refractivity contribution in [3.05, 3.63) is 29.3 Å². The lowest BCUT2D eigenvalue weighted by Crippen LogP contribution is -2.08. The Morgan fingerprint density at radius 3 is 2.60 bits per heavy atom. The van der Waals surface area contributed by atoms with Crippen molar-refractivity contribution in [1.82, 2.24) is 0 Å². The minimum Gasteiger partial charge on any atom is -0.396 e. The normalized spacial score (nSPS) is 9.20. The van der Waals surface area contributed by atoms with Crippen LogP contribution in [-0.4, -0.2) is 5.91 Å². The van der Waals surface area contributed by atoms with E-state index in [-0.39, 0.29) is 17.7 Å². The molecular formula is C10H8F2N2O. The zero-order chi connectivity index (χ0) is 11.4. The molecule has 4 N–H and O–H groups in total. The highest BCUT2D eigenvalue weighted by atomic mass is 19.2. The first-order valence-electron chi connectivity index (χ1n) is 4.03. The largest absolute Gasteiger partial charge is 0.396 e. The molecule has 78 valence electrons. The van der Waals surface area contributed by atoms with Gasteiger partial charge in [-0.2, -0.15) is 0 Å². The second-order valence-electron chi connectivity index (χ2n) is 2.78. The van der Waals surface area contributed by atoms with Gasteiger partial charge in [-0.1, -0.05) is 11.8 Å². The highest BCUT2D eigenvalue weighted by molar-refractivity contribution is 5.76. The standard InChI is InChI=1S/C10H8F2N2O/c11-9-6(2-1-3-8(14)15)4-5-7(13)10(9)12/h4-5H,3,13H2,(H2,14,15). The lowest BCUT2D eigenvalue weighted by molar-refractivity contribution is -0.117. The number of anilines is 1. The molecule has 5 heteroatoms. The number of halogens is 2. The molecule has 0 spiro atoms. The number of carbonyl (C=O) groups is 1. The highest BCUT2D eigenvalue weighted by Gasteiger charge is 2.09. The van der Waals surface area contributed by atoms with Gasteiger partial charge in [0.05, 0.1) is 17.7 Å². The summed E-state index contributed by atoms with van der Waals surface area (Å²) in [5.74, 6) is 1.72. The van der Waals surface area contributed by atoms with Gasteiger partial charge < -0.3 is 11.5 Å². The molecule has 0 unspecified atom stereocenters. The number of primary amides is 1. The molecule has 1 amide bonds. The number of rotatable bonds is 1. The van der Waals surface area contributed by atoms with Gasteiger partial charge in [0.25, 0.3) is 0 Å². The third kappa shape index (κ3) is 2.68. The molecule has 0 saturated heterocycles. The van der Waals surface area contributed by atoms with Crippen LogP contribution in [0.2, 0.25) is 0 Å². The van der Waals surface area contributed by atoms with Crippen LogP contribution in [0.25, 0.3) is 0 Å². The van der Waals surface area contributed by atoms with Gasteiger partial charge in [-0.3, -0.25) is 4.79 Å². The Kier molecular flexibility index (Phi) is 3.24. The number of benzene rings is 1. The molecule has 0 aliphatic heterocycles. The van der Waals surface area contributed by atoms with Crippen LogP contribution in [0.4, 0.5) is 14.5 Å². The van der Waals surface area contributed by atoms with Gasteiger partial charge in [-0.15, -0.1) is 0 Å². The van der Waals surface area contributed by atoms with Crippen LogP contribution in [0.15, 0.2) is 12.1 Å². The molecule has 0 heterocycles. The van der Waals surface area contributed by atoms with Gasteiger partial charge in [-0.05, 0) is 12.1 Å². The molecular weight excluding hydrogens is 202 g/mol. The van der Waals surface area contributed by atoms with E-state index in [9.17, 15) is 13.6 Å². The third-order valence-electron chi connectivity index (χ3n) is 1.60. The maximum Gasteiger partial charge on any atom is 0.229 e. The summed E-state index contributed by atoms with van der Waals surface area (Å²) in [7, 11) is 0. The minimum absolute atomic E-state index is 0.150. The molecule has 1 aromatic carbocycles. The van der Waals surface area contributed by atoms with Crippen LogP contribution in [0.5, 0.6) is 0 Å². The van der Waals surface area contributed by atoms with Gasteiger partial charge in [0.1, 0.15) is 0 Å². The summed E-state index contributed by atoms with van der Waals surface area (Å²) in [6, 6.07) is 2.44. The van der Waals surface area contributed by atoms with Crippen LogP contribution in [-0.2, 0) is 4.79 Å². The fraction of sp³-hybridized carbons (Fsp3) is 0.100. The van der Waals surface area contributed by atoms with E-state index < -0.39 is 17.5 Å². The fourth-order valence-corrected chi connectivity index (χ4v) is 0.887. The van der Waals surface area contributed by atoms with Crippen LogP contribution < -0.4 is 11.5 Å². The van der Waals surface area contributed by atoms with E-state index in [4.69, 9.17) is 11.5 Å². The number of hydrogen-bond donors (Lipinski definition) is 2. The minimum atomic E-state index is -1.14. The Morgan fingerprint density at radius 1 is 1.33 bits per heavy atom. The summed E-state index contributed by atoms with van der Waals surface area (Å²) in [4.78, 5) is 10.3. The molecule has 0 aliphatic carbocycles. The first-order valence-corrected chi connectivity index (χ1v) is 4.03.